The summed E-state index contributed by atoms with van der Waals surface area (Å²) in [5, 5.41) is 9.21. The summed E-state index contributed by atoms with van der Waals surface area (Å²) < 4.78 is 5.25. The average Bonchev–Trinajstić information content (AvgIpc) is 2.46. The molecule has 0 N–H and O–H groups in total. The topological polar surface area (TPSA) is 45.9 Å². The Morgan fingerprint density at radius 2 is 2.00 bits per heavy atom. The van der Waals surface area contributed by atoms with Crippen LogP contribution in [-0.4, -0.2) is 12.1 Å². The molecule has 1 heterocycles. The third-order valence-electron chi connectivity index (χ3n) is 2.50. The second-order valence-electron chi connectivity index (χ2n) is 3.63. The predicted molar refractivity (Wildman–Crippen MR) is 70.7 cm³/mol. The fourth-order valence-electron chi connectivity index (χ4n) is 1.63. The highest BCUT2D eigenvalue weighted by molar-refractivity contribution is 5.89. The van der Waals surface area contributed by atoms with Gasteiger partial charge in [-0.15, -0.1) is 0 Å². The first-order valence-corrected chi connectivity index (χ1v) is 5.51. The van der Waals surface area contributed by atoms with Crippen LogP contribution in [0.5, 0.6) is 5.75 Å². The number of nitriles is 1. The summed E-state index contributed by atoms with van der Waals surface area (Å²) in [6, 6.07) is 15.2. The van der Waals surface area contributed by atoms with Gasteiger partial charge in [-0.3, -0.25) is 4.98 Å². The normalized spacial score (nSPS) is 10.8. The van der Waals surface area contributed by atoms with Crippen LogP contribution < -0.4 is 4.74 Å². The zero-order valence-electron chi connectivity index (χ0n) is 10.00. The summed E-state index contributed by atoms with van der Waals surface area (Å²) in [7, 11) is 1.61. The maximum atomic E-state index is 9.21. The highest BCUT2D eigenvalue weighted by atomic mass is 16.5. The minimum Gasteiger partial charge on any atom is -0.496 e. The van der Waals surface area contributed by atoms with Crippen LogP contribution in [0, 0.1) is 11.3 Å². The predicted octanol–water partition coefficient (Wildman–Crippen LogP) is 3.15. The molecule has 1 aromatic heterocycles. The Kier molecular flexibility index (Phi) is 3.72. The van der Waals surface area contributed by atoms with Crippen molar-refractivity contribution in [3.05, 3.63) is 59.9 Å². The van der Waals surface area contributed by atoms with Gasteiger partial charge in [0.25, 0.3) is 0 Å². The van der Waals surface area contributed by atoms with E-state index in [4.69, 9.17) is 4.74 Å². The van der Waals surface area contributed by atoms with Gasteiger partial charge in [0.1, 0.15) is 11.8 Å². The van der Waals surface area contributed by atoms with Crippen molar-refractivity contribution >= 4 is 11.6 Å². The lowest BCUT2D eigenvalue weighted by Crippen LogP contribution is -1.89. The molecule has 0 spiro atoms. The molecule has 0 unspecified atom stereocenters. The number of aromatic nitrogens is 1. The molecule has 0 amide bonds. The van der Waals surface area contributed by atoms with E-state index >= 15 is 0 Å². The summed E-state index contributed by atoms with van der Waals surface area (Å²) in [5.74, 6) is 0.737. The first-order valence-electron chi connectivity index (χ1n) is 5.51. The summed E-state index contributed by atoms with van der Waals surface area (Å²) in [6.45, 7) is 0. The van der Waals surface area contributed by atoms with Gasteiger partial charge < -0.3 is 4.74 Å². The van der Waals surface area contributed by atoms with Crippen LogP contribution in [0.2, 0.25) is 0 Å². The number of rotatable bonds is 3. The molecule has 2 rings (SSSR count). The van der Waals surface area contributed by atoms with Gasteiger partial charge in [0.15, 0.2) is 0 Å². The third-order valence-corrected chi connectivity index (χ3v) is 2.50. The SMILES string of the molecule is COc1ccccc1C=C(C#N)c1ccccn1. The number of hydrogen-bond acceptors (Lipinski definition) is 3. The van der Waals surface area contributed by atoms with Crippen molar-refractivity contribution in [3.63, 3.8) is 0 Å². The molecular weight excluding hydrogens is 224 g/mol. The van der Waals surface area contributed by atoms with Gasteiger partial charge in [-0.05, 0) is 24.3 Å². The van der Waals surface area contributed by atoms with Gasteiger partial charge in [0.05, 0.1) is 18.4 Å². The highest BCUT2D eigenvalue weighted by Gasteiger charge is 2.04. The summed E-state index contributed by atoms with van der Waals surface area (Å²) in [6.07, 6.45) is 3.45. The number of hydrogen-bond donors (Lipinski definition) is 0. The van der Waals surface area contributed by atoms with Crippen molar-refractivity contribution in [1.82, 2.24) is 4.98 Å². The standard InChI is InChI=1S/C15H12N2O/c1-18-15-8-3-2-6-12(15)10-13(11-16)14-7-4-5-9-17-14/h2-10H,1H3. The molecule has 18 heavy (non-hydrogen) atoms. The number of methoxy groups -OCH3 is 1. The molecule has 3 nitrogen and oxygen atoms in total. The molecule has 0 saturated carbocycles. The maximum absolute atomic E-state index is 9.21. The second kappa shape index (κ2) is 5.65. The number of ether oxygens (including phenoxy) is 1. The lowest BCUT2D eigenvalue weighted by atomic mass is 10.1. The van der Waals surface area contributed by atoms with E-state index in [9.17, 15) is 5.26 Å². The molecule has 0 aliphatic rings. The first kappa shape index (κ1) is 11.9. The molecule has 2 aromatic rings. The minimum absolute atomic E-state index is 0.514. The Morgan fingerprint density at radius 3 is 2.67 bits per heavy atom. The quantitative estimate of drug-likeness (QED) is 0.769. The Morgan fingerprint density at radius 1 is 1.22 bits per heavy atom. The number of nitrogens with zero attached hydrogens (tertiary/aromatic N) is 2. The Balaban J connectivity index is 2.45. The molecular formula is C15H12N2O. The minimum atomic E-state index is 0.514. The highest BCUT2D eigenvalue weighted by Crippen LogP contribution is 2.23. The smallest absolute Gasteiger partial charge is 0.126 e. The molecule has 0 aliphatic heterocycles. The zero-order chi connectivity index (χ0) is 12.8. The van der Waals surface area contributed by atoms with Gasteiger partial charge in [0, 0.05) is 11.8 Å². The van der Waals surface area contributed by atoms with Crippen LogP contribution in [0.15, 0.2) is 48.7 Å². The summed E-state index contributed by atoms with van der Waals surface area (Å²) in [5.41, 5.74) is 2.04. The van der Waals surface area contributed by atoms with Gasteiger partial charge in [-0.2, -0.15) is 5.26 Å². The molecule has 0 atom stereocenters. The average molecular weight is 236 g/mol. The molecule has 0 saturated heterocycles. The number of pyridine rings is 1. The Bertz CT molecular complexity index is 597. The Labute approximate surface area is 106 Å². The largest absolute Gasteiger partial charge is 0.496 e. The van der Waals surface area contributed by atoms with Crippen LogP contribution in [0.4, 0.5) is 0 Å². The van der Waals surface area contributed by atoms with Crippen LogP contribution >= 0.6 is 0 Å². The lowest BCUT2D eigenvalue weighted by molar-refractivity contribution is 0.414. The van der Waals surface area contributed by atoms with Gasteiger partial charge in [0.2, 0.25) is 0 Å². The van der Waals surface area contributed by atoms with Gasteiger partial charge >= 0.3 is 0 Å². The summed E-state index contributed by atoms with van der Waals surface area (Å²) >= 11 is 0. The van der Waals surface area contributed by atoms with E-state index < -0.39 is 0 Å². The van der Waals surface area contributed by atoms with Crippen molar-refractivity contribution < 1.29 is 4.74 Å². The molecule has 3 heteroatoms. The number of allylic oxidation sites excluding steroid dienone is 1. The molecule has 0 fully saturated rings. The van der Waals surface area contributed by atoms with Crippen LogP contribution in [-0.2, 0) is 0 Å². The van der Waals surface area contributed by atoms with Crippen LogP contribution in [0.3, 0.4) is 0 Å². The van der Waals surface area contributed by atoms with Crippen molar-refractivity contribution in [2.45, 2.75) is 0 Å². The van der Waals surface area contributed by atoms with E-state index in [1.807, 2.05) is 42.5 Å². The molecule has 0 aliphatic carbocycles. The van der Waals surface area contributed by atoms with E-state index in [0.717, 1.165) is 11.3 Å². The Hall–Kier alpha value is -2.60. The second-order valence-corrected chi connectivity index (χ2v) is 3.63. The fraction of sp³-hybridized carbons (Fsp3) is 0.0667. The van der Waals surface area contributed by atoms with Crippen molar-refractivity contribution in [2.24, 2.45) is 0 Å². The zero-order valence-corrected chi connectivity index (χ0v) is 10.00. The first-order chi connectivity index (χ1) is 8.85. The molecule has 88 valence electrons. The lowest BCUT2D eigenvalue weighted by Gasteiger charge is -2.04. The van der Waals surface area contributed by atoms with Crippen LogP contribution in [0.1, 0.15) is 11.3 Å². The van der Waals surface area contributed by atoms with Crippen molar-refractivity contribution in [3.8, 4) is 11.8 Å². The van der Waals surface area contributed by atoms with Gasteiger partial charge in [-0.1, -0.05) is 24.3 Å². The summed E-state index contributed by atoms with van der Waals surface area (Å²) in [4.78, 5) is 4.17. The van der Waals surface area contributed by atoms with Crippen LogP contribution in [0.25, 0.3) is 11.6 Å². The van der Waals surface area contributed by atoms with E-state index in [2.05, 4.69) is 11.1 Å². The van der Waals surface area contributed by atoms with Crippen molar-refractivity contribution in [1.29, 1.82) is 5.26 Å². The van der Waals surface area contributed by atoms with E-state index in [0.29, 0.717) is 11.3 Å². The number of para-hydroxylation sites is 1. The van der Waals surface area contributed by atoms with E-state index in [1.54, 1.807) is 19.4 Å². The maximum Gasteiger partial charge on any atom is 0.126 e. The monoisotopic (exact) mass is 236 g/mol. The third kappa shape index (κ3) is 2.55. The fourth-order valence-corrected chi connectivity index (χ4v) is 1.63. The number of benzene rings is 1. The molecule has 0 bridgehead atoms. The molecule has 0 radical (unpaired) electrons. The van der Waals surface area contributed by atoms with E-state index in [-0.39, 0.29) is 0 Å². The van der Waals surface area contributed by atoms with Gasteiger partial charge in [-0.25, -0.2) is 0 Å². The molecule has 1 aromatic carbocycles. The van der Waals surface area contributed by atoms with Crippen molar-refractivity contribution in [2.75, 3.05) is 7.11 Å². The van der Waals surface area contributed by atoms with E-state index in [1.165, 1.54) is 0 Å².